The molecule has 0 radical (unpaired) electrons. The Morgan fingerprint density at radius 1 is 1.29 bits per heavy atom. The summed E-state index contributed by atoms with van der Waals surface area (Å²) in [4.78, 5) is 23.7. The van der Waals surface area contributed by atoms with Crippen LogP contribution in [-0.2, 0) is 4.79 Å². The van der Waals surface area contributed by atoms with Crippen molar-refractivity contribution in [1.82, 2.24) is 10.6 Å². The van der Waals surface area contributed by atoms with Crippen LogP contribution in [0.5, 0.6) is 0 Å². The molecule has 5 nitrogen and oxygen atoms in total. The van der Waals surface area contributed by atoms with E-state index in [4.69, 9.17) is 17.3 Å². The maximum atomic E-state index is 11.9. The quantitative estimate of drug-likeness (QED) is 0.767. The number of rotatable bonds is 5. The normalized spacial score (nSPS) is 12.0. The fourth-order valence-electron chi connectivity index (χ4n) is 1.41. The molecular formula is C14H21Cl2N3O2. The number of carbonyl (C=O) groups excluding carboxylic acids is 2. The average molecular weight is 334 g/mol. The standard InChI is InChI=1S/C14H20ClN3O2.ClH/c1-9(12(19)17-8-14(2,3)16)18-13(20)10-4-6-11(15)7-5-10;/h4-7,9H,8,16H2,1-3H3,(H,17,19)(H,18,20);1H. The molecule has 0 aliphatic carbocycles. The first kappa shape index (κ1) is 19.7. The van der Waals surface area contributed by atoms with E-state index in [0.29, 0.717) is 17.1 Å². The van der Waals surface area contributed by atoms with Crippen LogP contribution in [0, 0.1) is 0 Å². The van der Waals surface area contributed by atoms with Crippen molar-refractivity contribution in [3.05, 3.63) is 34.9 Å². The summed E-state index contributed by atoms with van der Waals surface area (Å²) >= 11 is 5.75. The van der Waals surface area contributed by atoms with Crippen LogP contribution < -0.4 is 16.4 Å². The Bertz CT molecular complexity index is 484. The SMILES string of the molecule is CC(NC(=O)c1ccc(Cl)cc1)C(=O)NCC(C)(C)N.Cl. The van der Waals surface area contributed by atoms with Gasteiger partial charge in [0.2, 0.25) is 5.91 Å². The Morgan fingerprint density at radius 2 is 1.81 bits per heavy atom. The molecule has 1 unspecified atom stereocenters. The Hall–Kier alpha value is -1.30. The number of halogens is 2. The molecule has 0 bridgehead atoms. The molecule has 7 heteroatoms. The molecule has 0 fully saturated rings. The zero-order valence-electron chi connectivity index (χ0n) is 12.3. The zero-order valence-corrected chi connectivity index (χ0v) is 13.8. The van der Waals surface area contributed by atoms with Gasteiger partial charge in [-0.25, -0.2) is 0 Å². The highest BCUT2D eigenvalue weighted by atomic mass is 35.5. The van der Waals surface area contributed by atoms with Crippen LogP contribution in [0.1, 0.15) is 31.1 Å². The second-order valence-corrected chi connectivity index (χ2v) is 5.84. The van der Waals surface area contributed by atoms with E-state index in [2.05, 4.69) is 10.6 Å². The molecule has 118 valence electrons. The molecule has 0 spiro atoms. The lowest BCUT2D eigenvalue weighted by atomic mass is 10.1. The molecule has 0 heterocycles. The first-order valence-electron chi connectivity index (χ1n) is 6.32. The zero-order chi connectivity index (χ0) is 15.3. The van der Waals surface area contributed by atoms with E-state index < -0.39 is 11.6 Å². The van der Waals surface area contributed by atoms with Gasteiger partial charge >= 0.3 is 0 Å². The smallest absolute Gasteiger partial charge is 0.251 e. The summed E-state index contributed by atoms with van der Waals surface area (Å²) in [6.45, 7) is 5.58. The lowest BCUT2D eigenvalue weighted by Crippen LogP contribution is -2.51. The third-order valence-corrected chi connectivity index (χ3v) is 2.82. The van der Waals surface area contributed by atoms with Gasteiger partial charge in [0, 0.05) is 22.7 Å². The third-order valence-electron chi connectivity index (χ3n) is 2.57. The molecule has 0 aliphatic rings. The molecule has 4 N–H and O–H groups in total. The van der Waals surface area contributed by atoms with Crippen LogP contribution in [0.4, 0.5) is 0 Å². The van der Waals surface area contributed by atoms with Gasteiger partial charge in [0.25, 0.3) is 5.91 Å². The minimum absolute atomic E-state index is 0. The number of nitrogens with one attached hydrogen (secondary N) is 2. The number of carbonyl (C=O) groups is 2. The predicted molar refractivity (Wildman–Crippen MR) is 86.9 cm³/mol. The lowest BCUT2D eigenvalue weighted by molar-refractivity contribution is -0.122. The van der Waals surface area contributed by atoms with Gasteiger partial charge < -0.3 is 16.4 Å². The van der Waals surface area contributed by atoms with Gasteiger partial charge in [-0.05, 0) is 45.0 Å². The number of amides is 2. The van der Waals surface area contributed by atoms with Gasteiger partial charge in [0.15, 0.2) is 0 Å². The van der Waals surface area contributed by atoms with Crippen molar-refractivity contribution in [3.8, 4) is 0 Å². The Morgan fingerprint density at radius 3 is 2.29 bits per heavy atom. The summed E-state index contributed by atoms with van der Waals surface area (Å²) in [5, 5.41) is 5.86. The molecule has 1 aromatic rings. The Kier molecular flexibility index (Phi) is 7.71. The highest BCUT2D eigenvalue weighted by Crippen LogP contribution is 2.09. The van der Waals surface area contributed by atoms with E-state index in [0.717, 1.165) is 0 Å². The predicted octanol–water partition coefficient (Wildman–Crippen LogP) is 1.73. The number of hydrogen-bond acceptors (Lipinski definition) is 3. The second kappa shape index (κ2) is 8.22. The molecule has 21 heavy (non-hydrogen) atoms. The monoisotopic (exact) mass is 333 g/mol. The minimum atomic E-state index is -0.638. The molecule has 0 saturated carbocycles. The van der Waals surface area contributed by atoms with Crippen molar-refractivity contribution in [2.75, 3.05) is 6.54 Å². The molecule has 2 amide bonds. The first-order chi connectivity index (χ1) is 9.19. The highest BCUT2D eigenvalue weighted by Gasteiger charge is 2.18. The number of hydrogen-bond donors (Lipinski definition) is 3. The number of benzene rings is 1. The summed E-state index contributed by atoms with van der Waals surface area (Å²) in [5.41, 5.74) is 5.74. The molecule has 1 aromatic carbocycles. The summed E-state index contributed by atoms with van der Waals surface area (Å²) in [6.07, 6.45) is 0. The third kappa shape index (κ3) is 7.32. The van der Waals surface area contributed by atoms with Gasteiger partial charge in [-0.3, -0.25) is 9.59 Å². The van der Waals surface area contributed by atoms with Gasteiger partial charge in [-0.2, -0.15) is 0 Å². The summed E-state index contributed by atoms with van der Waals surface area (Å²) in [7, 11) is 0. The molecule has 0 saturated heterocycles. The van der Waals surface area contributed by atoms with E-state index in [9.17, 15) is 9.59 Å². The molecule has 1 rings (SSSR count). The van der Waals surface area contributed by atoms with Crippen molar-refractivity contribution in [2.24, 2.45) is 5.73 Å². The van der Waals surface area contributed by atoms with Crippen LogP contribution in [-0.4, -0.2) is 29.9 Å². The summed E-state index contributed by atoms with van der Waals surface area (Å²) in [6, 6.07) is 5.81. The van der Waals surface area contributed by atoms with Gasteiger partial charge in [-0.15, -0.1) is 12.4 Å². The van der Waals surface area contributed by atoms with Crippen LogP contribution >= 0.6 is 24.0 Å². The Balaban J connectivity index is 0.00000400. The van der Waals surface area contributed by atoms with Crippen LogP contribution in [0.2, 0.25) is 5.02 Å². The van der Waals surface area contributed by atoms with Crippen LogP contribution in [0.15, 0.2) is 24.3 Å². The van der Waals surface area contributed by atoms with Crippen molar-refractivity contribution in [3.63, 3.8) is 0 Å². The molecule has 0 aromatic heterocycles. The van der Waals surface area contributed by atoms with E-state index in [1.54, 1.807) is 31.2 Å². The molecule has 0 aliphatic heterocycles. The Labute approximate surface area is 136 Å². The minimum Gasteiger partial charge on any atom is -0.353 e. The largest absolute Gasteiger partial charge is 0.353 e. The lowest BCUT2D eigenvalue weighted by Gasteiger charge is -2.21. The van der Waals surface area contributed by atoms with E-state index in [1.165, 1.54) is 0 Å². The number of nitrogens with two attached hydrogens (primary N) is 1. The van der Waals surface area contributed by atoms with Crippen molar-refractivity contribution < 1.29 is 9.59 Å². The van der Waals surface area contributed by atoms with E-state index in [1.807, 2.05) is 13.8 Å². The van der Waals surface area contributed by atoms with Crippen molar-refractivity contribution >= 4 is 35.8 Å². The average Bonchev–Trinajstić information content (AvgIpc) is 2.35. The van der Waals surface area contributed by atoms with E-state index in [-0.39, 0.29) is 24.2 Å². The fourth-order valence-corrected chi connectivity index (χ4v) is 1.54. The van der Waals surface area contributed by atoms with E-state index >= 15 is 0 Å². The highest BCUT2D eigenvalue weighted by molar-refractivity contribution is 6.30. The first-order valence-corrected chi connectivity index (χ1v) is 6.70. The summed E-state index contributed by atoms with van der Waals surface area (Å²) in [5.74, 6) is -0.595. The van der Waals surface area contributed by atoms with Crippen LogP contribution in [0.3, 0.4) is 0 Å². The maximum absolute atomic E-state index is 11.9. The topological polar surface area (TPSA) is 84.2 Å². The maximum Gasteiger partial charge on any atom is 0.251 e. The van der Waals surface area contributed by atoms with Gasteiger partial charge in [0.1, 0.15) is 6.04 Å². The van der Waals surface area contributed by atoms with Crippen molar-refractivity contribution in [2.45, 2.75) is 32.4 Å². The summed E-state index contributed by atoms with van der Waals surface area (Å²) < 4.78 is 0. The second-order valence-electron chi connectivity index (χ2n) is 5.41. The van der Waals surface area contributed by atoms with Gasteiger partial charge in [-0.1, -0.05) is 11.6 Å². The molecule has 1 atom stereocenters. The van der Waals surface area contributed by atoms with Crippen LogP contribution in [0.25, 0.3) is 0 Å². The fraction of sp³-hybridized carbons (Fsp3) is 0.429. The van der Waals surface area contributed by atoms with Gasteiger partial charge in [0.05, 0.1) is 0 Å². The van der Waals surface area contributed by atoms with Crippen molar-refractivity contribution in [1.29, 1.82) is 0 Å². The molecular weight excluding hydrogens is 313 g/mol.